The minimum absolute atomic E-state index is 0.211. The van der Waals surface area contributed by atoms with Crippen molar-refractivity contribution in [3.05, 3.63) is 23.8 Å². The maximum absolute atomic E-state index is 12.7. The van der Waals surface area contributed by atoms with Crippen LogP contribution in [0.1, 0.15) is 39.2 Å². The molecule has 1 aromatic carbocycles. The Morgan fingerprint density at radius 1 is 1.26 bits per heavy atom. The van der Waals surface area contributed by atoms with Gasteiger partial charge in [-0.2, -0.15) is 4.31 Å². The topological polar surface area (TPSA) is 92.5 Å². The van der Waals surface area contributed by atoms with E-state index in [2.05, 4.69) is 5.32 Å². The summed E-state index contributed by atoms with van der Waals surface area (Å²) in [5.41, 5.74) is 6.87. The molecule has 0 aliphatic carbocycles. The largest absolute Gasteiger partial charge is 0.325 e. The third-order valence-corrected chi connectivity index (χ3v) is 5.91. The fourth-order valence-corrected chi connectivity index (χ4v) is 4.04. The van der Waals surface area contributed by atoms with E-state index in [9.17, 15) is 13.2 Å². The number of nitrogens with two attached hydrogens (primary N) is 1. The van der Waals surface area contributed by atoms with E-state index in [4.69, 9.17) is 5.73 Å². The number of carbonyl (C=O) groups is 1. The van der Waals surface area contributed by atoms with Gasteiger partial charge in [0.2, 0.25) is 15.9 Å². The van der Waals surface area contributed by atoms with Gasteiger partial charge in [0.1, 0.15) is 0 Å². The number of sulfonamides is 1. The normalized spacial score (nSPS) is 13.1. The number of hydrogen-bond acceptors (Lipinski definition) is 4. The van der Waals surface area contributed by atoms with Crippen molar-refractivity contribution >= 4 is 21.6 Å². The van der Waals surface area contributed by atoms with E-state index in [-0.39, 0.29) is 10.8 Å². The molecule has 1 unspecified atom stereocenters. The van der Waals surface area contributed by atoms with E-state index in [0.29, 0.717) is 30.8 Å². The molecule has 0 aliphatic rings. The fraction of sp³-hybridized carbons (Fsp3) is 0.562. The van der Waals surface area contributed by atoms with E-state index >= 15 is 0 Å². The number of nitrogens with zero attached hydrogens (tertiary/aromatic N) is 1. The lowest BCUT2D eigenvalue weighted by molar-refractivity contribution is -0.117. The summed E-state index contributed by atoms with van der Waals surface area (Å²) in [6.07, 6.45) is 1.40. The highest BCUT2D eigenvalue weighted by atomic mass is 32.2. The SMILES string of the molecule is CCCC(N)C(=O)Nc1ccc(C)c(S(=O)(=O)N(CC)CC)c1. The van der Waals surface area contributed by atoms with Crippen LogP contribution in [0, 0.1) is 6.92 Å². The predicted octanol–water partition coefficient (Wildman–Crippen LogP) is 2.09. The van der Waals surface area contributed by atoms with Crippen LogP contribution in [-0.2, 0) is 14.8 Å². The van der Waals surface area contributed by atoms with Crippen LogP contribution in [0.5, 0.6) is 0 Å². The van der Waals surface area contributed by atoms with Gasteiger partial charge in [0.25, 0.3) is 0 Å². The van der Waals surface area contributed by atoms with Crippen LogP contribution in [0.4, 0.5) is 5.69 Å². The van der Waals surface area contributed by atoms with Gasteiger partial charge in [-0.25, -0.2) is 8.42 Å². The van der Waals surface area contributed by atoms with E-state index in [1.165, 1.54) is 10.4 Å². The first-order valence-electron chi connectivity index (χ1n) is 7.95. The van der Waals surface area contributed by atoms with Crippen LogP contribution in [0.2, 0.25) is 0 Å². The lowest BCUT2D eigenvalue weighted by atomic mass is 10.1. The molecule has 0 saturated heterocycles. The zero-order valence-electron chi connectivity index (χ0n) is 14.3. The Morgan fingerprint density at radius 2 is 1.87 bits per heavy atom. The number of hydrogen-bond donors (Lipinski definition) is 2. The zero-order valence-corrected chi connectivity index (χ0v) is 15.1. The van der Waals surface area contributed by atoms with Crippen LogP contribution in [0.15, 0.2) is 23.1 Å². The first kappa shape index (κ1) is 19.6. The maximum Gasteiger partial charge on any atom is 0.243 e. The average molecular weight is 341 g/mol. The van der Waals surface area contributed by atoms with Crippen molar-refractivity contribution in [2.75, 3.05) is 18.4 Å². The van der Waals surface area contributed by atoms with E-state index in [1.54, 1.807) is 32.9 Å². The first-order chi connectivity index (χ1) is 10.8. The van der Waals surface area contributed by atoms with Crippen LogP contribution in [0.3, 0.4) is 0 Å². The number of amides is 1. The summed E-state index contributed by atoms with van der Waals surface area (Å²) in [5, 5.41) is 2.69. The highest BCUT2D eigenvalue weighted by molar-refractivity contribution is 7.89. The molecule has 1 rings (SSSR count). The molecule has 1 amide bonds. The van der Waals surface area contributed by atoms with Gasteiger partial charge < -0.3 is 11.1 Å². The molecule has 0 saturated carbocycles. The Morgan fingerprint density at radius 3 is 2.39 bits per heavy atom. The van der Waals surface area contributed by atoms with Gasteiger partial charge in [-0.15, -0.1) is 0 Å². The number of nitrogens with one attached hydrogen (secondary N) is 1. The van der Waals surface area contributed by atoms with Gasteiger partial charge in [0.05, 0.1) is 10.9 Å². The minimum Gasteiger partial charge on any atom is -0.325 e. The van der Waals surface area contributed by atoms with Crippen LogP contribution in [0.25, 0.3) is 0 Å². The second kappa shape index (κ2) is 8.42. The summed E-state index contributed by atoms with van der Waals surface area (Å²) in [6.45, 7) is 8.09. The number of carbonyl (C=O) groups excluding carboxylic acids is 1. The molecular formula is C16H27N3O3S. The lowest BCUT2D eigenvalue weighted by Gasteiger charge is -2.20. The van der Waals surface area contributed by atoms with Crippen LogP contribution < -0.4 is 11.1 Å². The van der Waals surface area contributed by atoms with Gasteiger partial charge in [0.15, 0.2) is 0 Å². The first-order valence-corrected chi connectivity index (χ1v) is 9.39. The smallest absolute Gasteiger partial charge is 0.243 e. The minimum atomic E-state index is -3.57. The predicted molar refractivity (Wildman–Crippen MR) is 92.8 cm³/mol. The standard InChI is InChI=1S/C16H27N3O3S/c1-5-8-14(17)16(20)18-13-10-9-12(4)15(11-13)23(21,22)19(6-2)7-3/h9-11,14H,5-8,17H2,1-4H3,(H,18,20). The lowest BCUT2D eigenvalue weighted by Crippen LogP contribution is -2.35. The van der Waals surface area contributed by atoms with Crippen molar-refractivity contribution in [3.63, 3.8) is 0 Å². The van der Waals surface area contributed by atoms with Gasteiger partial charge in [-0.1, -0.05) is 33.3 Å². The molecule has 130 valence electrons. The zero-order chi connectivity index (χ0) is 17.6. The molecule has 0 bridgehead atoms. The molecule has 0 spiro atoms. The number of aryl methyl sites for hydroxylation is 1. The summed E-state index contributed by atoms with van der Waals surface area (Å²) in [6, 6.07) is 4.29. The Kier molecular flexibility index (Phi) is 7.18. The second-order valence-electron chi connectivity index (χ2n) is 5.45. The van der Waals surface area contributed by atoms with Crippen molar-refractivity contribution in [2.24, 2.45) is 5.73 Å². The third-order valence-electron chi connectivity index (χ3n) is 3.72. The summed E-state index contributed by atoms with van der Waals surface area (Å²) in [5.74, 6) is -0.304. The molecule has 23 heavy (non-hydrogen) atoms. The Hall–Kier alpha value is -1.44. The molecule has 0 heterocycles. The van der Waals surface area contributed by atoms with Crippen LogP contribution >= 0.6 is 0 Å². The summed E-state index contributed by atoms with van der Waals surface area (Å²) in [7, 11) is -3.57. The molecule has 0 fully saturated rings. The van der Waals surface area contributed by atoms with E-state index < -0.39 is 16.1 Å². The third kappa shape index (κ3) is 4.76. The van der Waals surface area contributed by atoms with Crippen molar-refractivity contribution in [1.29, 1.82) is 0 Å². The summed E-state index contributed by atoms with van der Waals surface area (Å²) < 4.78 is 26.7. The second-order valence-corrected chi connectivity index (χ2v) is 7.36. The molecule has 0 radical (unpaired) electrons. The number of rotatable bonds is 8. The monoisotopic (exact) mass is 341 g/mol. The molecule has 0 aromatic heterocycles. The molecule has 1 atom stereocenters. The van der Waals surface area contributed by atoms with Crippen LogP contribution in [-0.4, -0.2) is 37.8 Å². The quantitative estimate of drug-likeness (QED) is 0.757. The average Bonchev–Trinajstić information content (AvgIpc) is 2.50. The van der Waals surface area contributed by atoms with Crippen molar-refractivity contribution < 1.29 is 13.2 Å². The highest BCUT2D eigenvalue weighted by Crippen LogP contribution is 2.23. The molecular weight excluding hydrogens is 314 g/mol. The Balaban J connectivity index is 3.11. The van der Waals surface area contributed by atoms with Gasteiger partial charge in [-0.3, -0.25) is 4.79 Å². The number of benzene rings is 1. The van der Waals surface area contributed by atoms with E-state index in [1.807, 2.05) is 6.92 Å². The van der Waals surface area contributed by atoms with Gasteiger partial charge in [-0.05, 0) is 31.0 Å². The molecule has 0 aliphatic heterocycles. The van der Waals surface area contributed by atoms with Crippen molar-refractivity contribution in [1.82, 2.24) is 4.31 Å². The molecule has 3 N–H and O–H groups in total. The highest BCUT2D eigenvalue weighted by Gasteiger charge is 2.24. The Bertz CT molecular complexity index is 640. The maximum atomic E-state index is 12.7. The van der Waals surface area contributed by atoms with Crippen molar-refractivity contribution in [2.45, 2.75) is 51.5 Å². The summed E-state index contributed by atoms with van der Waals surface area (Å²) in [4.78, 5) is 12.2. The van der Waals surface area contributed by atoms with Gasteiger partial charge in [0, 0.05) is 18.8 Å². The fourth-order valence-electron chi connectivity index (χ4n) is 2.34. The molecule has 7 heteroatoms. The Labute approximate surface area is 139 Å². The van der Waals surface area contributed by atoms with Crippen molar-refractivity contribution in [3.8, 4) is 0 Å². The molecule has 1 aromatic rings. The molecule has 6 nitrogen and oxygen atoms in total. The summed E-state index contributed by atoms with van der Waals surface area (Å²) >= 11 is 0. The number of anilines is 1. The van der Waals surface area contributed by atoms with Gasteiger partial charge >= 0.3 is 0 Å². The van der Waals surface area contributed by atoms with E-state index in [0.717, 1.165) is 6.42 Å².